The van der Waals surface area contributed by atoms with Gasteiger partial charge in [-0.2, -0.15) is 11.8 Å². The number of nitrogens with one attached hydrogen (secondary N) is 1. The third-order valence-corrected chi connectivity index (χ3v) is 4.45. The first-order valence-corrected chi connectivity index (χ1v) is 7.99. The summed E-state index contributed by atoms with van der Waals surface area (Å²) in [5, 5.41) is 3.45. The summed E-state index contributed by atoms with van der Waals surface area (Å²) in [6, 6.07) is 3.78. The van der Waals surface area contributed by atoms with Crippen molar-refractivity contribution < 1.29 is 4.79 Å². The van der Waals surface area contributed by atoms with E-state index in [9.17, 15) is 4.79 Å². The van der Waals surface area contributed by atoms with Gasteiger partial charge in [0.1, 0.15) is 5.82 Å². The molecule has 5 heteroatoms. The minimum absolute atomic E-state index is 0.0287. The Kier molecular flexibility index (Phi) is 5.07. The van der Waals surface area contributed by atoms with Crippen molar-refractivity contribution in [1.82, 2.24) is 9.88 Å². The Bertz CT molecular complexity index is 438. The predicted octanol–water partition coefficient (Wildman–Crippen LogP) is 3.14. The van der Waals surface area contributed by atoms with Crippen LogP contribution in [0.4, 0.5) is 10.6 Å². The molecule has 0 bridgehead atoms. The van der Waals surface area contributed by atoms with Crippen LogP contribution in [-0.4, -0.2) is 40.5 Å². The Balaban J connectivity index is 1.98. The number of carbonyl (C=O) groups excluding carboxylic acids is 1. The van der Waals surface area contributed by atoms with Crippen LogP contribution in [0.1, 0.15) is 24.8 Å². The highest BCUT2D eigenvalue weighted by atomic mass is 32.2. The van der Waals surface area contributed by atoms with Crippen LogP contribution in [0.5, 0.6) is 0 Å². The van der Waals surface area contributed by atoms with Crippen molar-refractivity contribution in [2.75, 3.05) is 24.7 Å². The summed E-state index contributed by atoms with van der Waals surface area (Å²) < 4.78 is 0. The number of anilines is 1. The lowest BCUT2D eigenvalue weighted by Crippen LogP contribution is -2.38. The lowest BCUT2D eigenvalue weighted by atomic mass is 10.2. The second kappa shape index (κ2) is 6.80. The average molecular weight is 279 g/mol. The molecule has 1 N–H and O–H groups in total. The molecule has 4 nitrogen and oxygen atoms in total. The monoisotopic (exact) mass is 279 g/mol. The molecule has 1 aliphatic heterocycles. The molecule has 2 heterocycles. The molecule has 2 rings (SSSR count). The van der Waals surface area contributed by atoms with Crippen LogP contribution in [0, 0.1) is 6.92 Å². The quantitative estimate of drug-likeness (QED) is 0.904. The molecule has 0 aromatic carbocycles. The number of aromatic nitrogens is 1. The van der Waals surface area contributed by atoms with E-state index >= 15 is 0 Å². The van der Waals surface area contributed by atoms with Crippen LogP contribution in [0.3, 0.4) is 0 Å². The molecule has 1 aromatic heterocycles. The molecule has 0 radical (unpaired) electrons. The molecule has 1 aromatic rings. The highest BCUT2D eigenvalue weighted by Crippen LogP contribution is 2.20. The fourth-order valence-electron chi connectivity index (χ4n) is 2.27. The highest BCUT2D eigenvalue weighted by molar-refractivity contribution is 7.99. The maximum atomic E-state index is 12.3. The average Bonchev–Trinajstić information content (AvgIpc) is 2.64. The Hall–Kier alpha value is -1.23. The lowest BCUT2D eigenvalue weighted by Gasteiger charge is -2.23. The summed E-state index contributed by atoms with van der Waals surface area (Å²) in [7, 11) is 0. The smallest absolute Gasteiger partial charge is 0.323 e. The number of hydrogen-bond acceptors (Lipinski definition) is 3. The molecule has 19 heavy (non-hydrogen) atoms. The van der Waals surface area contributed by atoms with E-state index in [0.29, 0.717) is 11.1 Å². The van der Waals surface area contributed by atoms with Gasteiger partial charge in [-0.1, -0.05) is 6.42 Å². The van der Waals surface area contributed by atoms with Crippen molar-refractivity contribution >= 4 is 23.6 Å². The standard InChI is InChI=1S/C14H21N3OS/c1-11-6-7-15-13(9-11)16-14(18)17-8-4-3-5-12(10-17)19-2/h6-7,9,12H,3-5,8,10H2,1-2H3,(H,15,16,18). The van der Waals surface area contributed by atoms with Crippen molar-refractivity contribution in [3.05, 3.63) is 23.9 Å². The fraction of sp³-hybridized carbons (Fsp3) is 0.571. The van der Waals surface area contributed by atoms with Gasteiger partial charge in [0.2, 0.25) is 0 Å². The molecule has 1 unspecified atom stereocenters. The predicted molar refractivity (Wildman–Crippen MR) is 80.7 cm³/mol. The van der Waals surface area contributed by atoms with Crippen molar-refractivity contribution in [2.24, 2.45) is 0 Å². The van der Waals surface area contributed by atoms with Crippen molar-refractivity contribution in [3.63, 3.8) is 0 Å². The zero-order valence-corrected chi connectivity index (χ0v) is 12.4. The molecular formula is C14H21N3OS. The zero-order valence-electron chi connectivity index (χ0n) is 11.6. The summed E-state index contributed by atoms with van der Waals surface area (Å²) in [6.45, 7) is 3.67. The SMILES string of the molecule is CSC1CCCCN(C(=O)Nc2cc(C)ccn2)C1. The molecule has 1 saturated heterocycles. The second-order valence-corrected chi connectivity index (χ2v) is 6.09. The first-order valence-electron chi connectivity index (χ1n) is 6.70. The number of aryl methyl sites for hydroxylation is 1. The van der Waals surface area contributed by atoms with Gasteiger partial charge in [-0.25, -0.2) is 9.78 Å². The third kappa shape index (κ3) is 4.13. The normalized spacial score (nSPS) is 19.9. The van der Waals surface area contributed by atoms with Crippen LogP contribution in [-0.2, 0) is 0 Å². The minimum atomic E-state index is -0.0287. The summed E-state index contributed by atoms with van der Waals surface area (Å²) in [6.07, 6.45) is 7.34. The van der Waals surface area contributed by atoms with E-state index in [1.165, 1.54) is 12.8 Å². The van der Waals surface area contributed by atoms with Gasteiger partial charge in [-0.3, -0.25) is 5.32 Å². The van der Waals surface area contributed by atoms with E-state index in [1.54, 1.807) is 6.20 Å². The van der Waals surface area contributed by atoms with Crippen LogP contribution in [0.2, 0.25) is 0 Å². The van der Waals surface area contributed by atoms with Crippen molar-refractivity contribution in [2.45, 2.75) is 31.4 Å². The minimum Gasteiger partial charge on any atom is -0.323 e. The van der Waals surface area contributed by atoms with Gasteiger partial charge in [-0.15, -0.1) is 0 Å². The second-order valence-electron chi connectivity index (χ2n) is 4.95. The number of carbonyl (C=O) groups is 1. The molecule has 0 spiro atoms. The number of pyridine rings is 1. The summed E-state index contributed by atoms with van der Waals surface area (Å²) in [4.78, 5) is 18.3. The van der Waals surface area contributed by atoms with E-state index in [4.69, 9.17) is 0 Å². The number of rotatable bonds is 2. The largest absolute Gasteiger partial charge is 0.323 e. The van der Waals surface area contributed by atoms with Crippen LogP contribution >= 0.6 is 11.8 Å². The molecule has 0 aliphatic carbocycles. The maximum Gasteiger partial charge on any atom is 0.323 e. The summed E-state index contributed by atoms with van der Waals surface area (Å²) >= 11 is 1.85. The number of amides is 2. The number of thioether (sulfide) groups is 1. The Morgan fingerprint density at radius 1 is 1.53 bits per heavy atom. The van der Waals surface area contributed by atoms with Gasteiger partial charge in [-0.05, 0) is 43.7 Å². The molecule has 0 saturated carbocycles. The number of likely N-dealkylation sites (tertiary alicyclic amines) is 1. The Morgan fingerprint density at radius 3 is 3.11 bits per heavy atom. The summed E-state index contributed by atoms with van der Waals surface area (Å²) in [5.41, 5.74) is 1.10. The van der Waals surface area contributed by atoms with E-state index in [1.807, 2.05) is 35.7 Å². The topological polar surface area (TPSA) is 45.2 Å². The molecule has 1 aliphatic rings. The summed E-state index contributed by atoms with van der Waals surface area (Å²) in [5.74, 6) is 0.634. The zero-order chi connectivity index (χ0) is 13.7. The molecule has 2 amide bonds. The van der Waals surface area contributed by atoms with Crippen LogP contribution in [0.25, 0.3) is 0 Å². The Labute approximate surface area is 119 Å². The lowest BCUT2D eigenvalue weighted by molar-refractivity contribution is 0.214. The maximum absolute atomic E-state index is 12.3. The molecular weight excluding hydrogens is 258 g/mol. The number of hydrogen-bond donors (Lipinski definition) is 1. The third-order valence-electron chi connectivity index (χ3n) is 3.40. The van der Waals surface area contributed by atoms with Gasteiger partial charge in [0.25, 0.3) is 0 Å². The van der Waals surface area contributed by atoms with Crippen LogP contribution < -0.4 is 5.32 Å². The van der Waals surface area contributed by atoms with Crippen LogP contribution in [0.15, 0.2) is 18.3 Å². The number of urea groups is 1. The molecule has 1 fully saturated rings. The van der Waals surface area contributed by atoms with Gasteiger partial charge < -0.3 is 4.90 Å². The van der Waals surface area contributed by atoms with Gasteiger partial charge >= 0.3 is 6.03 Å². The van der Waals surface area contributed by atoms with Gasteiger partial charge in [0, 0.05) is 24.5 Å². The highest BCUT2D eigenvalue weighted by Gasteiger charge is 2.21. The van der Waals surface area contributed by atoms with Crippen molar-refractivity contribution in [3.8, 4) is 0 Å². The van der Waals surface area contributed by atoms with E-state index in [2.05, 4.69) is 16.6 Å². The fourth-order valence-corrected chi connectivity index (χ4v) is 3.00. The first kappa shape index (κ1) is 14.2. The number of nitrogens with zero attached hydrogens (tertiary/aromatic N) is 2. The van der Waals surface area contributed by atoms with E-state index in [0.717, 1.165) is 25.1 Å². The van der Waals surface area contributed by atoms with E-state index in [-0.39, 0.29) is 6.03 Å². The van der Waals surface area contributed by atoms with Gasteiger partial charge in [0.05, 0.1) is 0 Å². The van der Waals surface area contributed by atoms with E-state index < -0.39 is 0 Å². The molecule has 1 atom stereocenters. The first-order chi connectivity index (χ1) is 9.19. The van der Waals surface area contributed by atoms with Gasteiger partial charge in [0.15, 0.2) is 0 Å². The van der Waals surface area contributed by atoms with Crippen molar-refractivity contribution in [1.29, 1.82) is 0 Å². The Morgan fingerprint density at radius 2 is 2.37 bits per heavy atom. The molecule has 104 valence electrons.